The van der Waals surface area contributed by atoms with Gasteiger partial charge in [0.15, 0.2) is 0 Å². The molecule has 0 aliphatic carbocycles. The van der Waals surface area contributed by atoms with E-state index in [0.29, 0.717) is 0 Å². The third-order valence-electron chi connectivity index (χ3n) is 2.25. The minimum Gasteiger partial charge on any atom is -0.393 e. The second-order valence-electron chi connectivity index (χ2n) is 3.56. The van der Waals surface area contributed by atoms with Crippen LogP contribution in [-0.2, 0) is 12.8 Å². The Labute approximate surface area is 80.4 Å². The average Bonchev–Trinajstić information content (AvgIpc) is 2.15. The van der Waals surface area contributed by atoms with Crippen LogP contribution >= 0.6 is 0 Å². The maximum Gasteiger partial charge on any atom is 0.0515 e. The van der Waals surface area contributed by atoms with E-state index in [4.69, 9.17) is 5.11 Å². The summed E-state index contributed by atoms with van der Waals surface area (Å²) in [5.74, 6) is 0. The van der Waals surface area contributed by atoms with Crippen LogP contribution < -0.4 is 0 Å². The van der Waals surface area contributed by atoms with Crippen LogP contribution in [0.3, 0.4) is 0 Å². The van der Waals surface area contributed by atoms with E-state index in [-0.39, 0.29) is 6.10 Å². The fourth-order valence-corrected chi connectivity index (χ4v) is 1.38. The van der Waals surface area contributed by atoms with Crippen LogP contribution in [0.1, 0.15) is 31.4 Å². The Morgan fingerprint density at radius 2 is 2.00 bits per heavy atom. The predicted octanol–water partition coefficient (Wildman–Crippen LogP) is 2.56. The molecule has 1 aromatic rings. The highest BCUT2D eigenvalue weighted by Gasteiger charge is 1.98. The van der Waals surface area contributed by atoms with Gasteiger partial charge in [0, 0.05) is 0 Å². The first-order chi connectivity index (χ1) is 6.22. The van der Waals surface area contributed by atoms with Gasteiger partial charge in [0.05, 0.1) is 6.10 Å². The first-order valence-electron chi connectivity index (χ1n) is 4.98. The lowest BCUT2D eigenvalue weighted by Crippen LogP contribution is -2.01. The molecule has 0 saturated carbocycles. The molecule has 0 radical (unpaired) electrons. The molecule has 1 N–H and O–H groups in total. The lowest BCUT2D eigenvalue weighted by Gasteiger charge is -2.05. The van der Waals surface area contributed by atoms with E-state index in [1.807, 2.05) is 6.92 Å². The molecule has 1 nitrogen and oxygen atoms in total. The molecule has 0 fully saturated rings. The number of aryl methyl sites for hydroxylation is 2. The summed E-state index contributed by atoms with van der Waals surface area (Å²) in [5, 5.41) is 9.14. The van der Waals surface area contributed by atoms with Crippen molar-refractivity contribution in [1.82, 2.24) is 0 Å². The fraction of sp³-hybridized carbons (Fsp3) is 0.500. The number of hydrogen-bond donors (Lipinski definition) is 1. The largest absolute Gasteiger partial charge is 0.393 e. The van der Waals surface area contributed by atoms with Gasteiger partial charge in [0.25, 0.3) is 0 Å². The molecule has 0 bridgehead atoms. The van der Waals surface area contributed by atoms with E-state index in [1.165, 1.54) is 11.1 Å². The van der Waals surface area contributed by atoms with Gasteiger partial charge in [-0.2, -0.15) is 0 Å². The van der Waals surface area contributed by atoms with E-state index in [1.54, 1.807) is 0 Å². The van der Waals surface area contributed by atoms with Crippen molar-refractivity contribution >= 4 is 0 Å². The molecule has 0 heterocycles. The Morgan fingerprint density at radius 3 is 2.62 bits per heavy atom. The molecule has 13 heavy (non-hydrogen) atoms. The molecule has 0 saturated heterocycles. The Kier molecular flexibility index (Phi) is 3.97. The molecule has 0 unspecified atom stereocenters. The molecular formula is C12H18O. The van der Waals surface area contributed by atoms with Crippen molar-refractivity contribution in [2.45, 2.75) is 39.2 Å². The third-order valence-corrected chi connectivity index (χ3v) is 2.25. The van der Waals surface area contributed by atoms with Gasteiger partial charge >= 0.3 is 0 Å². The van der Waals surface area contributed by atoms with E-state index < -0.39 is 0 Å². The van der Waals surface area contributed by atoms with Crippen LogP contribution in [0.25, 0.3) is 0 Å². The third kappa shape index (κ3) is 3.60. The van der Waals surface area contributed by atoms with Crippen LogP contribution in [0, 0.1) is 0 Å². The summed E-state index contributed by atoms with van der Waals surface area (Å²) in [4.78, 5) is 0. The molecule has 0 aliphatic heterocycles. The molecule has 1 heteroatoms. The van der Waals surface area contributed by atoms with Crippen molar-refractivity contribution in [2.24, 2.45) is 0 Å². The summed E-state index contributed by atoms with van der Waals surface area (Å²) in [6, 6.07) is 8.59. The van der Waals surface area contributed by atoms with Crippen molar-refractivity contribution in [2.75, 3.05) is 0 Å². The molecule has 72 valence electrons. The molecule has 0 aliphatic rings. The highest BCUT2D eigenvalue weighted by molar-refractivity contribution is 5.23. The summed E-state index contributed by atoms with van der Waals surface area (Å²) in [6.07, 6.45) is 2.73. The lowest BCUT2D eigenvalue weighted by atomic mass is 10.0. The number of aliphatic hydroxyl groups is 1. The van der Waals surface area contributed by atoms with Gasteiger partial charge in [-0.25, -0.2) is 0 Å². The molecular weight excluding hydrogens is 160 g/mol. The van der Waals surface area contributed by atoms with E-state index in [2.05, 4.69) is 31.2 Å². The highest BCUT2D eigenvalue weighted by Crippen LogP contribution is 2.09. The number of rotatable bonds is 4. The zero-order chi connectivity index (χ0) is 9.68. The quantitative estimate of drug-likeness (QED) is 0.751. The topological polar surface area (TPSA) is 20.2 Å². The maximum absolute atomic E-state index is 9.14. The maximum atomic E-state index is 9.14. The average molecular weight is 178 g/mol. The second-order valence-corrected chi connectivity index (χ2v) is 3.56. The zero-order valence-electron chi connectivity index (χ0n) is 8.46. The Balaban J connectivity index is 2.56. The molecule has 1 aromatic carbocycles. The van der Waals surface area contributed by atoms with Crippen molar-refractivity contribution in [1.29, 1.82) is 0 Å². The van der Waals surface area contributed by atoms with Crippen molar-refractivity contribution in [3.63, 3.8) is 0 Å². The summed E-state index contributed by atoms with van der Waals surface area (Å²) in [6.45, 7) is 4.00. The Bertz CT molecular complexity index is 253. The summed E-state index contributed by atoms with van der Waals surface area (Å²) in [7, 11) is 0. The Morgan fingerprint density at radius 1 is 1.31 bits per heavy atom. The van der Waals surface area contributed by atoms with E-state index >= 15 is 0 Å². The molecule has 1 rings (SSSR count). The first-order valence-corrected chi connectivity index (χ1v) is 4.98. The van der Waals surface area contributed by atoms with E-state index in [9.17, 15) is 0 Å². The van der Waals surface area contributed by atoms with Crippen LogP contribution in [0.2, 0.25) is 0 Å². The number of benzene rings is 1. The van der Waals surface area contributed by atoms with Gasteiger partial charge in [0.2, 0.25) is 0 Å². The SMILES string of the molecule is CCc1cccc(CC[C@H](C)O)c1. The standard InChI is InChI=1S/C12H18O/c1-3-11-5-4-6-12(9-11)8-7-10(2)13/h4-6,9-10,13H,3,7-8H2,1-2H3/t10-/m0/s1. The number of aliphatic hydroxyl groups excluding tert-OH is 1. The summed E-state index contributed by atoms with van der Waals surface area (Å²) < 4.78 is 0. The summed E-state index contributed by atoms with van der Waals surface area (Å²) >= 11 is 0. The minimum atomic E-state index is -0.190. The van der Waals surface area contributed by atoms with Crippen LogP contribution in [0.5, 0.6) is 0 Å². The molecule has 0 aromatic heterocycles. The first kappa shape index (κ1) is 10.3. The van der Waals surface area contributed by atoms with Gasteiger partial charge in [-0.1, -0.05) is 31.2 Å². The number of hydrogen-bond acceptors (Lipinski definition) is 1. The molecule has 0 amide bonds. The van der Waals surface area contributed by atoms with E-state index in [0.717, 1.165) is 19.3 Å². The van der Waals surface area contributed by atoms with Gasteiger partial charge in [-0.3, -0.25) is 0 Å². The lowest BCUT2D eigenvalue weighted by molar-refractivity contribution is 0.185. The predicted molar refractivity (Wildman–Crippen MR) is 55.8 cm³/mol. The normalized spacial score (nSPS) is 12.8. The smallest absolute Gasteiger partial charge is 0.0515 e. The van der Waals surface area contributed by atoms with Crippen LogP contribution in [0.15, 0.2) is 24.3 Å². The van der Waals surface area contributed by atoms with Gasteiger partial charge in [-0.15, -0.1) is 0 Å². The minimum absolute atomic E-state index is 0.190. The van der Waals surface area contributed by atoms with Gasteiger partial charge < -0.3 is 5.11 Å². The van der Waals surface area contributed by atoms with Gasteiger partial charge in [0.1, 0.15) is 0 Å². The monoisotopic (exact) mass is 178 g/mol. The van der Waals surface area contributed by atoms with Crippen LogP contribution in [-0.4, -0.2) is 11.2 Å². The zero-order valence-corrected chi connectivity index (χ0v) is 8.46. The molecule has 0 spiro atoms. The van der Waals surface area contributed by atoms with Crippen molar-refractivity contribution < 1.29 is 5.11 Å². The second kappa shape index (κ2) is 5.03. The molecule has 1 atom stereocenters. The van der Waals surface area contributed by atoms with Crippen LogP contribution in [0.4, 0.5) is 0 Å². The summed E-state index contributed by atoms with van der Waals surface area (Å²) in [5.41, 5.74) is 2.71. The van der Waals surface area contributed by atoms with Crippen molar-refractivity contribution in [3.8, 4) is 0 Å². The fourth-order valence-electron chi connectivity index (χ4n) is 1.38. The Hall–Kier alpha value is -0.820. The highest BCUT2D eigenvalue weighted by atomic mass is 16.3. The van der Waals surface area contributed by atoms with Crippen molar-refractivity contribution in [3.05, 3.63) is 35.4 Å². The van der Waals surface area contributed by atoms with Gasteiger partial charge in [-0.05, 0) is 37.3 Å².